The zero-order valence-corrected chi connectivity index (χ0v) is 18.2. The van der Waals surface area contributed by atoms with E-state index in [1.807, 2.05) is 13.0 Å². The van der Waals surface area contributed by atoms with Crippen molar-refractivity contribution in [1.29, 1.82) is 0 Å². The van der Waals surface area contributed by atoms with E-state index < -0.39 is 5.97 Å². The van der Waals surface area contributed by atoms with Gasteiger partial charge in [-0.2, -0.15) is 0 Å². The molecule has 0 N–H and O–H groups in total. The number of nitrogens with zero attached hydrogens (tertiary/aromatic N) is 1. The Kier molecular flexibility index (Phi) is 7.02. The van der Waals surface area contributed by atoms with Crippen LogP contribution in [0.3, 0.4) is 0 Å². The van der Waals surface area contributed by atoms with Gasteiger partial charge < -0.3 is 28.4 Å². The van der Waals surface area contributed by atoms with Gasteiger partial charge in [-0.05, 0) is 42.3 Å². The van der Waals surface area contributed by atoms with Crippen LogP contribution in [0.25, 0.3) is 6.08 Å². The minimum absolute atomic E-state index is 0.145. The van der Waals surface area contributed by atoms with Gasteiger partial charge in [0.2, 0.25) is 11.6 Å². The van der Waals surface area contributed by atoms with Gasteiger partial charge in [0, 0.05) is 5.56 Å². The molecule has 2 aromatic rings. The smallest absolute Gasteiger partial charge is 0.363 e. The van der Waals surface area contributed by atoms with Crippen LogP contribution in [-0.2, 0) is 9.53 Å². The van der Waals surface area contributed by atoms with E-state index in [4.69, 9.17) is 28.4 Å². The fourth-order valence-corrected chi connectivity index (χ4v) is 3.00. The minimum Gasteiger partial charge on any atom is -0.493 e. The van der Waals surface area contributed by atoms with Crippen molar-refractivity contribution in [2.24, 2.45) is 4.99 Å². The molecule has 0 bridgehead atoms. The van der Waals surface area contributed by atoms with E-state index in [0.717, 1.165) is 12.0 Å². The van der Waals surface area contributed by atoms with Crippen molar-refractivity contribution < 1.29 is 33.2 Å². The van der Waals surface area contributed by atoms with E-state index in [2.05, 4.69) is 4.99 Å². The lowest BCUT2D eigenvalue weighted by atomic mass is 10.1. The predicted molar refractivity (Wildman–Crippen MR) is 115 cm³/mol. The second-order valence-electron chi connectivity index (χ2n) is 6.51. The summed E-state index contributed by atoms with van der Waals surface area (Å²) < 4.78 is 32.5. The molecule has 1 heterocycles. The maximum Gasteiger partial charge on any atom is 0.363 e. The molecule has 8 heteroatoms. The number of hydrogen-bond acceptors (Lipinski definition) is 8. The van der Waals surface area contributed by atoms with Crippen LogP contribution in [0.15, 0.2) is 41.0 Å². The summed E-state index contributed by atoms with van der Waals surface area (Å²) in [5.74, 6) is 2.10. The van der Waals surface area contributed by atoms with Gasteiger partial charge in [0.05, 0.1) is 35.0 Å². The Morgan fingerprint density at radius 3 is 2.16 bits per heavy atom. The molecule has 0 atom stereocenters. The Hall–Kier alpha value is -3.68. The van der Waals surface area contributed by atoms with Gasteiger partial charge in [-0.15, -0.1) is 0 Å². The highest BCUT2D eigenvalue weighted by Crippen LogP contribution is 2.39. The molecule has 0 fully saturated rings. The molecule has 0 spiro atoms. The molecule has 2 aromatic carbocycles. The first-order chi connectivity index (χ1) is 15.0. The van der Waals surface area contributed by atoms with E-state index in [-0.39, 0.29) is 11.6 Å². The van der Waals surface area contributed by atoms with Crippen LogP contribution in [0.1, 0.15) is 24.5 Å². The lowest BCUT2D eigenvalue weighted by Gasteiger charge is -2.13. The summed E-state index contributed by atoms with van der Waals surface area (Å²) in [7, 11) is 6.11. The van der Waals surface area contributed by atoms with Gasteiger partial charge in [0.25, 0.3) is 0 Å². The number of ether oxygens (including phenoxy) is 6. The SMILES string of the molecule is CCCOc1cc(/C=C2/N=C(c3cc(OC)c(OC)c(OC)c3)OC2=O)ccc1OC. The molecule has 3 rings (SSSR count). The van der Waals surface area contributed by atoms with Crippen molar-refractivity contribution in [3.05, 3.63) is 47.2 Å². The van der Waals surface area contributed by atoms with Crippen molar-refractivity contribution in [2.75, 3.05) is 35.0 Å². The summed E-state index contributed by atoms with van der Waals surface area (Å²) in [6.45, 7) is 2.58. The first-order valence-electron chi connectivity index (χ1n) is 9.68. The fourth-order valence-electron chi connectivity index (χ4n) is 3.00. The van der Waals surface area contributed by atoms with Gasteiger partial charge in [-0.25, -0.2) is 9.79 Å². The molecule has 0 aliphatic carbocycles. The van der Waals surface area contributed by atoms with E-state index in [1.165, 1.54) is 21.3 Å². The van der Waals surface area contributed by atoms with Crippen molar-refractivity contribution in [3.63, 3.8) is 0 Å². The standard InChI is InChI=1S/C23H25NO7/c1-6-9-30-18-11-14(7-8-17(18)26-2)10-16-23(25)31-22(24-16)15-12-19(27-3)21(29-5)20(13-15)28-4/h7-8,10-13H,6,9H2,1-5H3/b16-10+. The Morgan fingerprint density at radius 2 is 1.58 bits per heavy atom. The number of esters is 1. The number of benzene rings is 2. The molecule has 1 aliphatic heterocycles. The molecule has 1 aliphatic rings. The Labute approximate surface area is 181 Å². The summed E-state index contributed by atoms with van der Waals surface area (Å²) in [5.41, 5.74) is 1.41. The van der Waals surface area contributed by atoms with Crippen molar-refractivity contribution in [3.8, 4) is 28.7 Å². The second-order valence-corrected chi connectivity index (χ2v) is 6.51. The Balaban J connectivity index is 1.96. The van der Waals surface area contributed by atoms with Gasteiger partial charge in [0.15, 0.2) is 28.7 Å². The average Bonchev–Trinajstić information content (AvgIpc) is 3.16. The highest BCUT2D eigenvalue weighted by Gasteiger charge is 2.26. The second kappa shape index (κ2) is 9.88. The molecule has 0 radical (unpaired) electrons. The van der Waals surface area contributed by atoms with Crippen LogP contribution >= 0.6 is 0 Å². The third-order valence-corrected chi connectivity index (χ3v) is 4.48. The topological polar surface area (TPSA) is 84.8 Å². The molecule has 0 aromatic heterocycles. The van der Waals surface area contributed by atoms with Gasteiger partial charge in [0.1, 0.15) is 0 Å². The monoisotopic (exact) mass is 427 g/mol. The molecule has 164 valence electrons. The third kappa shape index (κ3) is 4.74. The average molecular weight is 427 g/mol. The number of carbonyl (C=O) groups excluding carboxylic acids is 1. The Morgan fingerprint density at radius 1 is 0.903 bits per heavy atom. The highest BCUT2D eigenvalue weighted by atomic mass is 16.6. The van der Waals surface area contributed by atoms with Crippen LogP contribution in [0.5, 0.6) is 28.7 Å². The van der Waals surface area contributed by atoms with Gasteiger partial charge >= 0.3 is 5.97 Å². The van der Waals surface area contributed by atoms with Crippen LogP contribution < -0.4 is 23.7 Å². The third-order valence-electron chi connectivity index (χ3n) is 4.48. The number of methoxy groups -OCH3 is 4. The maximum atomic E-state index is 12.4. The van der Waals surface area contributed by atoms with E-state index >= 15 is 0 Å². The molecule has 8 nitrogen and oxygen atoms in total. The van der Waals surface area contributed by atoms with Crippen LogP contribution in [-0.4, -0.2) is 46.9 Å². The molecular formula is C23H25NO7. The van der Waals surface area contributed by atoms with Crippen LogP contribution in [0, 0.1) is 0 Å². The summed E-state index contributed by atoms with van der Waals surface area (Å²) in [4.78, 5) is 16.8. The molecule has 0 saturated carbocycles. The summed E-state index contributed by atoms with van der Waals surface area (Å²) in [5, 5.41) is 0. The maximum absolute atomic E-state index is 12.4. The molecule has 31 heavy (non-hydrogen) atoms. The zero-order chi connectivity index (χ0) is 22.4. The normalized spacial score (nSPS) is 14.2. The summed E-state index contributed by atoms with van der Waals surface area (Å²) >= 11 is 0. The largest absolute Gasteiger partial charge is 0.493 e. The van der Waals surface area contributed by atoms with Crippen LogP contribution in [0.4, 0.5) is 0 Å². The Bertz CT molecular complexity index is 1000. The number of hydrogen-bond donors (Lipinski definition) is 0. The first kappa shape index (κ1) is 22.0. The summed E-state index contributed by atoms with van der Waals surface area (Å²) in [6.07, 6.45) is 2.49. The van der Waals surface area contributed by atoms with Crippen molar-refractivity contribution in [1.82, 2.24) is 0 Å². The van der Waals surface area contributed by atoms with Crippen molar-refractivity contribution >= 4 is 17.9 Å². The molecular weight excluding hydrogens is 402 g/mol. The van der Waals surface area contributed by atoms with Gasteiger partial charge in [-0.3, -0.25) is 0 Å². The highest BCUT2D eigenvalue weighted by molar-refractivity contribution is 6.13. The lowest BCUT2D eigenvalue weighted by molar-refractivity contribution is -0.129. The van der Waals surface area contributed by atoms with Gasteiger partial charge in [-0.1, -0.05) is 13.0 Å². The van der Waals surface area contributed by atoms with E-state index in [9.17, 15) is 4.79 Å². The van der Waals surface area contributed by atoms with E-state index in [0.29, 0.717) is 40.9 Å². The zero-order valence-electron chi connectivity index (χ0n) is 18.2. The molecule has 0 unspecified atom stereocenters. The van der Waals surface area contributed by atoms with Crippen LogP contribution in [0.2, 0.25) is 0 Å². The first-order valence-corrected chi connectivity index (χ1v) is 9.68. The van der Waals surface area contributed by atoms with Crippen molar-refractivity contribution in [2.45, 2.75) is 13.3 Å². The minimum atomic E-state index is -0.560. The number of aliphatic imine (C=N–C) groups is 1. The quantitative estimate of drug-likeness (QED) is 0.444. The molecule has 0 saturated heterocycles. The number of cyclic esters (lactones) is 1. The number of rotatable bonds is 9. The predicted octanol–water partition coefficient (Wildman–Crippen LogP) is 3.85. The molecule has 0 amide bonds. The fraction of sp³-hybridized carbons (Fsp3) is 0.304. The number of carbonyl (C=O) groups is 1. The summed E-state index contributed by atoms with van der Waals surface area (Å²) in [6, 6.07) is 8.72. The van der Waals surface area contributed by atoms with E-state index in [1.54, 1.807) is 37.5 Å². The lowest BCUT2D eigenvalue weighted by Crippen LogP contribution is -2.07.